The topological polar surface area (TPSA) is 72.2 Å². The van der Waals surface area contributed by atoms with Gasteiger partial charge in [-0.3, -0.25) is 14.4 Å². The van der Waals surface area contributed by atoms with Crippen LogP contribution in [0.2, 0.25) is 5.02 Å². The lowest BCUT2D eigenvalue weighted by Gasteiger charge is -2.27. The second kappa shape index (κ2) is 7.81. The highest BCUT2D eigenvalue weighted by Gasteiger charge is 2.40. The average molecular weight is 470 g/mol. The number of aromatic nitrogens is 3. The minimum atomic E-state index is -0.809. The molecule has 0 spiro atoms. The fourth-order valence-electron chi connectivity index (χ4n) is 3.80. The van der Waals surface area contributed by atoms with E-state index in [1.807, 2.05) is 58.9 Å². The Morgan fingerprint density at radius 3 is 2.44 bits per heavy atom. The molecule has 0 radical (unpaired) electrons. The Morgan fingerprint density at radius 2 is 1.81 bits per heavy atom. The van der Waals surface area contributed by atoms with Crippen molar-refractivity contribution in [1.82, 2.24) is 20.1 Å². The van der Waals surface area contributed by atoms with Gasteiger partial charge in [-0.2, -0.15) is 0 Å². The Kier molecular flexibility index (Phi) is 5.54. The number of aryl methyl sites for hydroxylation is 2. The van der Waals surface area contributed by atoms with Crippen molar-refractivity contribution in [1.29, 1.82) is 0 Å². The third kappa shape index (κ3) is 3.77. The Hall–Kier alpha value is -2.51. The highest BCUT2D eigenvalue weighted by Crippen LogP contribution is 2.40. The quantitative estimate of drug-likeness (QED) is 0.577. The molecule has 4 rings (SSSR count). The van der Waals surface area contributed by atoms with Crippen molar-refractivity contribution in [3.63, 3.8) is 0 Å². The van der Waals surface area contributed by atoms with Gasteiger partial charge in [0, 0.05) is 33.0 Å². The van der Waals surface area contributed by atoms with Gasteiger partial charge in [0.25, 0.3) is 0 Å². The van der Waals surface area contributed by atoms with Gasteiger partial charge in [-0.05, 0) is 45.4 Å². The molecular weight excluding hydrogens is 442 g/mol. The first-order valence-electron chi connectivity index (χ1n) is 10.6. The Labute approximate surface area is 197 Å². The monoisotopic (exact) mass is 469 g/mol. The van der Waals surface area contributed by atoms with Crippen LogP contribution in [0.5, 0.6) is 0 Å². The zero-order valence-electron chi connectivity index (χ0n) is 19.5. The second-order valence-electron chi connectivity index (χ2n) is 9.54. The van der Waals surface area contributed by atoms with Crippen LogP contribution in [-0.4, -0.2) is 32.9 Å². The van der Waals surface area contributed by atoms with E-state index in [1.54, 1.807) is 11.3 Å². The van der Waals surface area contributed by atoms with Gasteiger partial charge in [-0.1, -0.05) is 44.5 Å². The molecule has 3 heterocycles. The summed E-state index contributed by atoms with van der Waals surface area (Å²) in [5.41, 5.74) is 2.79. The molecule has 2 aromatic heterocycles. The van der Waals surface area contributed by atoms with E-state index in [0.717, 1.165) is 33.5 Å². The SMILES string of the molecule is Cc1sc2c(c1C)C(c1ccc(Cl)cc1)=NC(C)(CNC(=O)C(C)(C)C)c1nnc(C)n1-2. The summed E-state index contributed by atoms with van der Waals surface area (Å²) in [4.78, 5) is 19.2. The number of carbonyl (C=O) groups is 1. The standard InChI is InChI=1S/C24H28ClN5OS/c1-13-14(2)32-20-18(13)19(16-8-10-17(25)11-9-16)27-24(7,12-26-22(31)23(4,5)6)21-29-28-15(3)30(20)21/h8-11H,12H2,1-7H3,(H,26,31). The number of hydrogen-bond acceptors (Lipinski definition) is 5. The minimum Gasteiger partial charge on any atom is -0.353 e. The lowest BCUT2D eigenvalue weighted by molar-refractivity contribution is -0.128. The van der Waals surface area contributed by atoms with Crippen LogP contribution >= 0.6 is 22.9 Å². The first-order valence-corrected chi connectivity index (χ1v) is 11.8. The molecule has 168 valence electrons. The summed E-state index contributed by atoms with van der Waals surface area (Å²) in [5.74, 6) is 1.48. The van der Waals surface area contributed by atoms with Crippen molar-refractivity contribution in [2.24, 2.45) is 10.4 Å². The predicted molar refractivity (Wildman–Crippen MR) is 130 cm³/mol. The van der Waals surface area contributed by atoms with Crippen molar-refractivity contribution in [2.75, 3.05) is 6.54 Å². The number of halogens is 1. The molecule has 8 heteroatoms. The predicted octanol–water partition coefficient (Wildman–Crippen LogP) is 5.14. The average Bonchev–Trinajstić information content (AvgIpc) is 3.21. The van der Waals surface area contributed by atoms with Crippen LogP contribution in [-0.2, 0) is 10.3 Å². The van der Waals surface area contributed by atoms with Crippen LogP contribution in [0.25, 0.3) is 5.00 Å². The lowest BCUT2D eigenvalue weighted by Crippen LogP contribution is -2.43. The highest BCUT2D eigenvalue weighted by molar-refractivity contribution is 7.15. The maximum Gasteiger partial charge on any atom is 0.225 e. The van der Waals surface area contributed by atoms with Crippen LogP contribution < -0.4 is 5.32 Å². The number of thiophene rings is 1. The molecule has 0 bridgehead atoms. The van der Waals surface area contributed by atoms with Gasteiger partial charge < -0.3 is 5.32 Å². The number of nitrogens with zero attached hydrogens (tertiary/aromatic N) is 4. The van der Waals surface area contributed by atoms with Crippen LogP contribution in [0.1, 0.15) is 60.9 Å². The van der Waals surface area contributed by atoms with E-state index in [-0.39, 0.29) is 5.91 Å². The molecule has 1 atom stereocenters. The van der Waals surface area contributed by atoms with Crippen LogP contribution in [0.3, 0.4) is 0 Å². The number of fused-ring (bicyclic) bond motifs is 3. The zero-order valence-corrected chi connectivity index (χ0v) is 21.1. The number of aliphatic imine (C=N–C) groups is 1. The number of benzene rings is 1. The van der Waals surface area contributed by atoms with Crippen molar-refractivity contribution in [3.05, 3.63) is 62.5 Å². The molecule has 1 unspecified atom stereocenters. The summed E-state index contributed by atoms with van der Waals surface area (Å²) < 4.78 is 2.09. The highest BCUT2D eigenvalue weighted by atomic mass is 35.5. The largest absolute Gasteiger partial charge is 0.353 e. The van der Waals surface area contributed by atoms with Crippen LogP contribution in [0.4, 0.5) is 0 Å². The third-order valence-corrected chi connectivity index (χ3v) is 7.31. The molecule has 0 aliphatic carbocycles. The van der Waals surface area contributed by atoms with Crippen molar-refractivity contribution in [3.8, 4) is 5.00 Å². The molecule has 1 aromatic carbocycles. The van der Waals surface area contributed by atoms with Crippen molar-refractivity contribution >= 4 is 34.6 Å². The Bertz CT molecular complexity index is 1230. The molecular formula is C24H28ClN5OS. The maximum atomic E-state index is 12.7. The maximum absolute atomic E-state index is 12.7. The van der Waals surface area contributed by atoms with Crippen LogP contribution in [0, 0.1) is 26.2 Å². The van der Waals surface area contributed by atoms with Gasteiger partial charge in [-0.15, -0.1) is 21.5 Å². The molecule has 0 saturated carbocycles. The fraction of sp³-hybridized carbons (Fsp3) is 0.417. The molecule has 32 heavy (non-hydrogen) atoms. The first kappa shape index (κ1) is 22.7. The second-order valence-corrected chi connectivity index (χ2v) is 11.2. The zero-order chi connectivity index (χ0) is 23.4. The number of rotatable bonds is 3. The van der Waals surface area contributed by atoms with Gasteiger partial charge in [0.1, 0.15) is 16.4 Å². The van der Waals surface area contributed by atoms with E-state index in [0.29, 0.717) is 11.6 Å². The van der Waals surface area contributed by atoms with Gasteiger partial charge in [0.2, 0.25) is 5.91 Å². The number of carbonyl (C=O) groups excluding carboxylic acids is 1. The molecule has 3 aromatic rings. The molecule has 1 N–H and O–H groups in total. The van der Waals surface area contributed by atoms with Crippen molar-refractivity contribution < 1.29 is 4.79 Å². The summed E-state index contributed by atoms with van der Waals surface area (Å²) in [6.45, 7) is 14.2. The minimum absolute atomic E-state index is 0.0317. The smallest absolute Gasteiger partial charge is 0.225 e. The van der Waals surface area contributed by atoms with E-state index in [9.17, 15) is 4.79 Å². The van der Waals surface area contributed by atoms with Gasteiger partial charge >= 0.3 is 0 Å². The fourth-order valence-corrected chi connectivity index (χ4v) is 5.14. The van der Waals surface area contributed by atoms with Gasteiger partial charge in [-0.25, -0.2) is 0 Å². The molecule has 1 aliphatic rings. The molecule has 1 amide bonds. The molecule has 0 saturated heterocycles. The Balaban J connectivity index is 1.96. The van der Waals surface area contributed by atoms with E-state index < -0.39 is 11.0 Å². The van der Waals surface area contributed by atoms with E-state index in [1.165, 1.54) is 10.4 Å². The number of hydrogen-bond donors (Lipinski definition) is 1. The third-order valence-electron chi connectivity index (χ3n) is 5.86. The lowest BCUT2D eigenvalue weighted by atomic mass is 9.94. The first-order chi connectivity index (χ1) is 14.9. The van der Waals surface area contributed by atoms with Gasteiger partial charge in [0.05, 0.1) is 5.71 Å². The summed E-state index contributed by atoms with van der Waals surface area (Å²) in [5, 5.41) is 13.7. The van der Waals surface area contributed by atoms with Crippen molar-refractivity contribution in [2.45, 2.75) is 54.0 Å². The van der Waals surface area contributed by atoms with E-state index in [4.69, 9.17) is 16.6 Å². The summed E-state index contributed by atoms with van der Waals surface area (Å²) in [6.07, 6.45) is 0. The van der Waals surface area contributed by atoms with E-state index >= 15 is 0 Å². The van der Waals surface area contributed by atoms with E-state index in [2.05, 4.69) is 33.9 Å². The number of nitrogens with one attached hydrogen (secondary N) is 1. The molecule has 6 nitrogen and oxygen atoms in total. The summed E-state index contributed by atoms with van der Waals surface area (Å²) in [7, 11) is 0. The summed E-state index contributed by atoms with van der Waals surface area (Å²) >= 11 is 7.88. The van der Waals surface area contributed by atoms with Crippen LogP contribution in [0.15, 0.2) is 29.3 Å². The summed E-state index contributed by atoms with van der Waals surface area (Å²) in [6, 6.07) is 7.74. The Morgan fingerprint density at radius 1 is 1.16 bits per heavy atom. The molecule has 0 fully saturated rings. The normalized spacial score (nSPS) is 17.9. The van der Waals surface area contributed by atoms with Gasteiger partial charge in [0.15, 0.2) is 5.82 Å². The molecule has 1 aliphatic heterocycles. The number of amides is 1.